The van der Waals surface area contributed by atoms with Gasteiger partial charge in [-0.2, -0.15) is 5.26 Å². The second-order valence-corrected chi connectivity index (χ2v) is 4.07. The zero-order valence-corrected chi connectivity index (χ0v) is 8.82. The van der Waals surface area contributed by atoms with E-state index in [0.717, 1.165) is 18.5 Å². The molecule has 2 rings (SSSR count). The van der Waals surface area contributed by atoms with Crippen LogP contribution in [-0.4, -0.2) is 12.6 Å². The van der Waals surface area contributed by atoms with Gasteiger partial charge in [0.1, 0.15) is 0 Å². The Morgan fingerprint density at radius 1 is 1.27 bits per heavy atom. The molecule has 2 nitrogen and oxygen atoms in total. The Labute approximate surface area is 90.9 Å². The van der Waals surface area contributed by atoms with Crippen molar-refractivity contribution in [2.24, 2.45) is 0 Å². The Balaban J connectivity index is 2.14. The Morgan fingerprint density at radius 3 is 2.67 bits per heavy atom. The maximum absolute atomic E-state index is 9.24. The van der Waals surface area contributed by atoms with E-state index in [1.165, 1.54) is 12.8 Å². The minimum Gasteiger partial charge on any atom is -0.312 e. The first-order valence-electron chi connectivity index (χ1n) is 5.60. The fourth-order valence-corrected chi connectivity index (χ4v) is 2.22. The van der Waals surface area contributed by atoms with E-state index in [1.807, 2.05) is 30.3 Å². The van der Waals surface area contributed by atoms with E-state index in [9.17, 15) is 5.26 Å². The average molecular weight is 200 g/mol. The molecule has 1 saturated heterocycles. The van der Waals surface area contributed by atoms with Gasteiger partial charge in [0.2, 0.25) is 0 Å². The summed E-state index contributed by atoms with van der Waals surface area (Å²) < 4.78 is 0. The topological polar surface area (TPSA) is 35.8 Å². The van der Waals surface area contributed by atoms with Crippen LogP contribution in [0, 0.1) is 11.3 Å². The minimum absolute atomic E-state index is 0.00602. The molecule has 1 fully saturated rings. The molecule has 1 aromatic carbocycles. The number of hydrogen-bond donors (Lipinski definition) is 1. The molecule has 0 unspecified atom stereocenters. The second kappa shape index (κ2) is 4.95. The van der Waals surface area contributed by atoms with Gasteiger partial charge in [0.05, 0.1) is 12.0 Å². The molecule has 0 bridgehead atoms. The number of piperidine rings is 1. The van der Waals surface area contributed by atoms with Gasteiger partial charge in [-0.1, -0.05) is 36.8 Å². The lowest BCUT2D eigenvalue weighted by atomic mass is 9.88. The summed E-state index contributed by atoms with van der Waals surface area (Å²) in [4.78, 5) is 0. The number of hydrogen-bond acceptors (Lipinski definition) is 2. The first-order valence-corrected chi connectivity index (χ1v) is 5.60. The number of nitrogens with zero attached hydrogens (tertiary/aromatic N) is 1. The van der Waals surface area contributed by atoms with E-state index in [0.29, 0.717) is 6.04 Å². The monoisotopic (exact) mass is 200 g/mol. The molecular formula is C13H16N2. The number of nitriles is 1. The van der Waals surface area contributed by atoms with Gasteiger partial charge < -0.3 is 5.32 Å². The standard InChI is InChI=1S/C13H16N2/c14-10-12(11-6-2-1-3-7-11)13-8-4-5-9-15-13/h1-3,6-7,12-13,15H,4-5,8-9H2/t12-,13-/m0/s1. The highest BCUT2D eigenvalue weighted by Gasteiger charge is 2.23. The fourth-order valence-electron chi connectivity index (χ4n) is 2.22. The summed E-state index contributed by atoms with van der Waals surface area (Å²) in [5, 5.41) is 12.7. The second-order valence-electron chi connectivity index (χ2n) is 4.07. The number of benzene rings is 1. The van der Waals surface area contributed by atoms with E-state index in [1.54, 1.807) is 0 Å². The quantitative estimate of drug-likeness (QED) is 0.796. The van der Waals surface area contributed by atoms with Crippen molar-refractivity contribution < 1.29 is 0 Å². The lowest BCUT2D eigenvalue weighted by molar-refractivity contribution is 0.380. The lowest BCUT2D eigenvalue weighted by Gasteiger charge is -2.27. The SMILES string of the molecule is N#C[C@@H](c1ccccc1)[C@@H]1CCCCN1. The average Bonchev–Trinajstić information content (AvgIpc) is 2.33. The molecule has 1 N–H and O–H groups in total. The Morgan fingerprint density at radius 2 is 2.07 bits per heavy atom. The van der Waals surface area contributed by atoms with E-state index < -0.39 is 0 Å². The third kappa shape index (κ3) is 2.37. The highest BCUT2D eigenvalue weighted by molar-refractivity contribution is 5.27. The molecule has 0 aromatic heterocycles. The van der Waals surface area contributed by atoms with E-state index in [-0.39, 0.29) is 5.92 Å². The van der Waals surface area contributed by atoms with Gasteiger partial charge in [-0.25, -0.2) is 0 Å². The van der Waals surface area contributed by atoms with Gasteiger partial charge in [-0.05, 0) is 24.9 Å². The van der Waals surface area contributed by atoms with Crippen LogP contribution in [0.1, 0.15) is 30.7 Å². The van der Waals surface area contributed by atoms with Crippen LogP contribution in [0.15, 0.2) is 30.3 Å². The maximum Gasteiger partial charge on any atom is 0.0865 e. The number of nitrogens with one attached hydrogen (secondary N) is 1. The predicted molar refractivity (Wildman–Crippen MR) is 60.4 cm³/mol. The highest BCUT2D eigenvalue weighted by Crippen LogP contribution is 2.24. The van der Waals surface area contributed by atoms with Crippen molar-refractivity contribution in [2.45, 2.75) is 31.2 Å². The van der Waals surface area contributed by atoms with Crippen molar-refractivity contribution in [2.75, 3.05) is 6.54 Å². The van der Waals surface area contributed by atoms with Crippen LogP contribution >= 0.6 is 0 Å². The van der Waals surface area contributed by atoms with Crippen molar-refractivity contribution in [3.05, 3.63) is 35.9 Å². The molecule has 0 amide bonds. The largest absolute Gasteiger partial charge is 0.312 e. The first-order chi connectivity index (χ1) is 7.42. The van der Waals surface area contributed by atoms with E-state index >= 15 is 0 Å². The van der Waals surface area contributed by atoms with Crippen molar-refractivity contribution in [1.82, 2.24) is 5.32 Å². The van der Waals surface area contributed by atoms with Crippen LogP contribution < -0.4 is 5.32 Å². The molecule has 0 radical (unpaired) electrons. The Kier molecular flexibility index (Phi) is 3.37. The molecule has 2 heteroatoms. The maximum atomic E-state index is 9.24. The molecular weight excluding hydrogens is 184 g/mol. The molecule has 1 aliphatic rings. The smallest absolute Gasteiger partial charge is 0.0865 e. The molecule has 1 aliphatic heterocycles. The summed E-state index contributed by atoms with van der Waals surface area (Å²) in [6, 6.07) is 12.9. The van der Waals surface area contributed by atoms with E-state index in [2.05, 4.69) is 11.4 Å². The zero-order chi connectivity index (χ0) is 10.5. The first kappa shape index (κ1) is 10.2. The fraction of sp³-hybridized carbons (Fsp3) is 0.462. The molecule has 0 aliphatic carbocycles. The highest BCUT2D eigenvalue weighted by atomic mass is 14.9. The molecule has 15 heavy (non-hydrogen) atoms. The Bertz CT molecular complexity index is 333. The molecule has 2 atom stereocenters. The van der Waals surface area contributed by atoms with Crippen molar-refractivity contribution in [1.29, 1.82) is 5.26 Å². The third-order valence-electron chi connectivity index (χ3n) is 3.05. The van der Waals surface area contributed by atoms with Gasteiger partial charge in [0, 0.05) is 6.04 Å². The van der Waals surface area contributed by atoms with Crippen LogP contribution in [0.3, 0.4) is 0 Å². The molecule has 78 valence electrons. The van der Waals surface area contributed by atoms with Crippen molar-refractivity contribution >= 4 is 0 Å². The molecule has 0 spiro atoms. The third-order valence-corrected chi connectivity index (χ3v) is 3.05. The summed E-state index contributed by atoms with van der Waals surface area (Å²) in [5.41, 5.74) is 1.14. The summed E-state index contributed by atoms with van der Waals surface area (Å²) in [5.74, 6) is 0.00602. The normalized spacial score (nSPS) is 23.0. The van der Waals surface area contributed by atoms with Gasteiger partial charge in [0.15, 0.2) is 0 Å². The number of rotatable bonds is 2. The van der Waals surface area contributed by atoms with E-state index in [4.69, 9.17) is 0 Å². The predicted octanol–water partition coefficient (Wildman–Crippen LogP) is 2.44. The molecule has 1 heterocycles. The van der Waals surface area contributed by atoms with Gasteiger partial charge in [-0.3, -0.25) is 0 Å². The summed E-state index contributed by atoms with van der Waals surface area (Å²) in [6.07, 6.45) is 3.60. The van der Waals surface area contributed by atoms with Crippen molar-refractivity contribution in [3.63, 3.8) is 0 Å². The molecule has 1 aromatic rings. The Hall–Kier alpha value is -1.33. The minimum atomic E-state index is 0.00602. The van der Waals surface area contributed by atoms with Crippen LogP contribution in [0.4, 0.5) is 0 Å². The van der Waals surface area contributed by atoms with Gasteiger partial charge >= 0.3 is 0 Å². The summed E-state index contributed by atoms with van der Waals surface area (Å²) in [7, 11) is 0. The van der Waals surface area contributed by atoms with Gasteiger partial charge in [-0.15, -0.1) is 0 Å². The molecule has 0 saturated carbocycles. The van der Waals surface area contributed by atoms with Gasteiger partial charge in [0.25, 0.3) is 0 Å². The summed E-state index contributed by atoms with van der Waals surface area (Å²) in [6.45, 7) is 1.05. The van der Waals surface area contributed by atoms with Crippen LogP contribution in [0.25, 0.3) is 0 Å². The van der Waals surface area contributed by atoms with Crippen molar-refractivity contribution in [3.8, 4) is 6.07 Å². The van der Waals surface area contributed by atoms with Crippen LogP contribution in [0.2, 0.25) is 0 Å². The van der Waals surface area contributed by atoms with Crippen LogP contribution in [0.5, 0.6) is 0 Å². The summed E-state index contributed by atoms with van der Waals surface area (Å²) >= 11 is 0. The lowest BCUT2D eigenvalue weighted by Crippen LogP contribution is -2.38. The zero-order valence-electron chi connectivity index (χ0n) is 8.82. The van der Waals surface area contributed by atoms with Crippen LogP contribution in [-0.2, 0) is 0 Å².